The Bertz CT molecular complexity index is 1400. The number of aryl methyl sites for hydroxylation is 1. The van der Waals surface area contributed by atoms with Crippen LogP contribution in [0, 0.1) is 17.5 Å². The standard InChI is InChI=1S/C26H33F3N6O2S/c1-15(18-6-5-7-19(22(18)27)23(28)29)31-24-21-14-20(17-8-12-38(30,36)13-9-17)26(37-11-10-35(3)4)34-25(21)33-16(2)32-24/h5-7,14-15,17,23,30H,8-13H2,1-4H3,(H,31,32,33,34)/t15-,17?,38?/m1/s1. The molecule has 1 aromatic carbocycles. The number of nitrogens with zero attached hydrogens (tertiary/aromatic N) is 4. The molecule has 0 spiro atoms. The fourth-order valence-electron chi connectivity index (χ4n) is 4.58. The molecule has 1 aliphatic heterocycles. The topological polar surface area (TPSA) is 104 Å². The molecule has 1 fully saturated rings. The summed E-state index contributed by atoms with van der Waals surface area (Å²) in [6, 6.07) is 5.18. The molecule has 1 aliphatic rings. The van der Waals surface area contributed by atoms with Crippen molar-refractivity contribution in [2.24, 2.45) is 0 Å². The molecule has 0 aliphatic carbocycles. The average Bonchev–Trinajstić information content (AvgIpc) is 2.83. The zero-order chi connectivity index (χ0) is 27.6. The SMILES string of the molecule is Cc1nc(N[C@H](C)c2cccc(C(F)F)c2F)c2cc(C3CCS(=N)(=O)CC3)c(OCCN(C)C)nc2n1. The minimum Gasteiger partial charge on any atom is -0.476 e. The van der Waals surface area contributed by atoms with Gasteiger partial charge in [0.05, 0.1) is 17.0 Å². The van der Waals surface area contributed by atoms with Crippen LogP contribution in [0.4, 0.5) is 19.0 Å². The van der Waals surface area contributed by atoms with Crippen molar-refractivity contribution in [2.75, 3.05) is 44.1 Å². The van der Waals surface area contributed by atoms with Gasteiger partial charge in [-0.2, -0.15) is 4.98 Å². The number of pyridine rings is 1. The first-order valence-corrected chi connectivity index (χ1v) is 14.4. The lowest BCUT2D eigenvalue weighted by atomic mass is 9.93. The van der Waals surface area contributed by atoms with Crippen LogP contribution in [0.25, 0.3) is 11.0 Å². The van der Waals surface area contributed by atoms with Crippen molar-refractivity contribution in [2.45, 2.75) is 45.1 Å². The van der Waals surface area contributed by atoms with Crippen LogP contribution in [0.3, 0.4) is 0 Å². The summed E-state index contributed by atoms with van der Waals surface area (Å²) in [4.78, 5) is 15.7. The highest BCUT2D eigenvalue weighted by Gasteiger charge is 2.27. The van der Waals surface area contributed by atoms with Crippen molar-refractivity contribution in [1.82, 2.24) is 19.9 Å². The number of likely N-dealkylation sites (N-methyl/N-ethyl adjacent to an activating group) is 1. The molecule has 0 bridgehead atoms. The lowest BCUT2D eigenvalue weighted by Gasteiger charge is -2.26. The van der Waals surface area contributed by atoms with Crippen molar-refractivity contribution in [3.05, 3.63) is 52.6 Å². The first-order valence-electron chi connectivity index (χ1n) is 12.5. The van der Waals surface area contributed by atoms with Gasteiger partial charge >= 0.3 is 0 Å². The molecule has 2 N–H and O–H groups in total. The van der Waals surface area contributed by atoms with E-state index in [2.05, 4.69) is 15.3 Å². The third kappa shape index (κ3) is 6.35. The van der Waals surface area contributed by atoms with Crippen LogP contribution in [-0.4, -0.2) is 62.8 Å². The Hall–Kier alpha value is -2.99. The molecule has 4 rings (SSSR count). The van der Waals surface area contributed by atoms with Gasteiger partial charge in [-0.15, -0.1) is 0 Å². The molecule has 0 saturated carbocycles. The maximum atomic E-state index is 14.8. The zero-order valence-electron chi connectivity index (χ0n) is 21.9. The van der Waals surface area contributed by atoms with Gasteiger partial charge < -0.3 is 15.0 Å². The van der Waals surface area contributed by atoms with Gasteiger partial charge in [-0.05, 0) is 52.8 Å². The fourth-order valence-corrected chi connectivity index (χ4v) is 6.12. The molecule has 0 amide bonds. The molecule has 2 aromatic heterocycles. The van der Waals surface area contributed by atoms with Gasteiger partial charge in [0.25, 0.3) is 6.43 Å². The highest BCUT2D eigenvalue weighted by molar-refractivity contribution is 7.92. The predicted octanol–water partition coefficient (Wildman–Crippen LogP) is 5.45. The lowest BCUT2D eigenvalue weighted by molar-refractivity contribution is 0.146. The number of aromatic nitrogens is 3. The maximum Gasteiger partial charge on any atom is 0.266 e. The summed E-state index contributed by atoms with van der Waals surface area (Å²) >= 11 is 0. The maximum absolute atomic E-state index is 14.8. The molecule has 38 heavy (non-hydrogen) atoms. The zero-order valence-corrected chi connectivity index (χ0v) is 22.7. The monoisotopic (exact) mass is 550 g/mol. The molecule has 8 nitrogen and oxygen atoms in total. The first-order chi connectivity index (χ1) is 17.9. The number of ether oxygens (including phenoxy) is 1. The molecule has 3 heterocycles. The van der Waals surface area contributed by atoms with Crippen LogP contribution >= 0.6 is 0 Å². The minimum atomic E-state index is -2.92. The Labute approximate surface area is 221 Å². The van der Waals surface area contributed by atoms with E-state index in [1.807, 2.05) is 25.1 Å². The summed E-state index contributed by atoms with van der Waals surface area (Å²) in [6.07, 6.45) is -1.79. The minimum absolute atomic E-state index is 0.00655. The summed E-state index contributed by atoms with van der Waals surface area (Å²) in [6.45, 7) is 4.48. The predicted molar refractivity (Wildman–Crippen MR) is 142 cm³/mol. The van der Waals surface area contributed by atoms with Crippen molar-refractivity contribution in [3.8, 4) is 5.88 Å². The smallest absolute Gasteiger partial charge is 0.266 e. The van der Waals surface area contributed by atoms with E-state index < -0.39 is 33.6 Å². The summed E-state index contributed by atoms with van der Waals surface area (Å²) in [5.74, 6) is 0.923. The van der Waals surface area contributed by atoms with E-state index in [4.69, 9.17) is 14.5 Å². The van der Waals surface area contributed by atoms with E-state index in [1.54, 1.807) is 13.8 Å². The van der Waals surface area contributed by atoms with E-state index in [0.29, 0.717) is 66.1 Å². The highest BCUT2D eigenvalue weighted by atomic mass is 32.2. The van der Waals surface area contributed by atoms with Crippen LogP contribution in [0.15, 0.2) is 24.3 Å². The van der Waals surface area contributed by atoms with Crippen LogP contribution in [0.2, 0.25) is 0 Å². The van der Waals surface area contributed by atoms with Gasteiger partial charge in [-0.25, -0.2) is 27.3 Å². The van der Waals surface area contributed by atoms with E-state index in [9.17, 15) is 17.4 Å². The molecular weight excluding hydrogens is 517 g/mol. The van der Waals surface area contributed by atoms with E-state index in [1.165, 1.54) is 12.1 Å². The van der Waals surface area contributed by atoms with Crippen molar-refractivity contribution in [3.63, 3.8) is 0 Å². The number of rotatable bonds is 9. The van der Waals surface area contributed by atoms with Gasteiger partial charge in [0.15, 0.2) is 5.65 Å². The van der Waals surface area contributed by atoms with Crippen LogP contribution in [0.5, 0.6) is 5.88 Å². The molecule has 206 valence electrons. The fraction of sp³-hybridized carbons (Fsp3) is 0.500. The molecule has 1 saturated heterocycles. The second-order valence-electron chi connectivity index (χ2n) is 9.94. The number of fused-ring (bicyclic) bond motifs is 1. The van der Waals surface area contributed by atoms with Gasteiger partial charge in [-0.1, -0.05) is 18.2 Å². The quantitative estimate of drug-likeness (QED) is 0.365. The Kier molecular flexibility index (Phi) is 8.41. The van der Waals surface area contributed by atoms with Crippen molar-refractivity contribution < 1.29 is 22.1 Å². The Morgan fingerprint density at radius 2 is 1.87 bits per heavy atom. The Morgan fingerprint density at radius 1 is 1.18 bits per heavy atom. The second kappa shape index (κ2) is 11.4. The summed E-state index contributed by atoms with van der Waals surface area (Å²) in [5.41, 5.74) is 0.658. The normalized spacial score (nSPS) is 20.7. The molecule has 0 radical (unpaired) electrons. The Balaban J connectivity index is 1.75. The second-order valence-corrected chi connectivity index (χ2v) is 12.4. The van der Waals surface area contributed by atoms with Crippen LogP contribution in [-0.2, 0) is 9.73 Å². The third-order valence-corrected chi connectivity index (χ3v) is 8.50. The van der Waals surface area contributed by atoms with Crippen LogP contribution < -0.4 is 10.1 Å². The number of benzene rings is 1. The Morgan fingerprint density at radius 3 is 2.53 bits per heavy atom. The molecule has 1 atom stereocenters. The number of halogens is 3. The average molecular weight is 551 g/mol. The lowest BCUT2D eigenvalue weighted by Crippen LogP contribution is -2.23. The molecular formula is C26H33F3N6O2S. The summed E-state index contributed by atoms with van der Waals surface area (Å²) in [7, 11) is 1.31. The van der Waals surface area contributed by atoms with Crippen molar-refractivity contribution in [1.29, 1.82) is 4.78 Å². The van der Waals surface area contributed by atoms with Gasteiger partial charge in [-0.3, -0.25) is 4.78 Å². The van der Waals surface area contributed by atoms with Crippen molar-refractivity contribution >= 4 is 26.6 Å². The van der Waals surface area contributed by atoms with Gasteiger partial charge in [0.1, 0.15) is 24.1 Å². The third-order valence-electron chi connectivity index (χ3n) is 6.71. The van der Waals surface area contributed by atoms with Gasteiger partial charge in [0.2, 0.25) is 5.88 Å². The van der Waals surface area contributed by atoms with Crippen LogP contribution in [0.1, 0.15) is 60.7 Å². The number of anilines is 1. The number of nitrogens with one attached hydrogen (secondary N) is 2. The largest absolute Gasteiger partial charge is 0.476 e. The number of hydrogen-bond acceptors (Lipinski definition) is 8. The highest BCUT2D eigenvalue weighted by Crippen LogP contribution is 2.38. The first kappa shape index (κ1) is 28.0. The molecule has 0 unspecified atom stereocenters. The van der Waals surface area contributed by atoms with E-state index >= 15 is 0 Å². The molecule has 12 heteroatoms. The number of alkyl halides is 2. The summed E-state index contributed by atoms with van der Waals surface area (Å²) < 4.78 is 67.7. The molecule has 3 aromatic rings. The van der Waals surface area contributed by atoms with E-state index in [0.717, 1.165) is 11.6 Å². The number of hydrogen-bond donors (Lipinski definition) is 2. The summed E-state index contributed by atoms with van der Waals surface area (Å²) in [5, 5.41) is 3.75. The van der Waals surface area contributed by atoms with E-state index in [-0.39, 0.29) is 11.5 Å². The van der Waals surface area contributed by atoms with Gasteiger partial charge in [0, 0.05) is 38.9 Å².